The predicted octanol–water partition coefficient (Wildman–Crippen LogP) is 1.50. The highest BCUT2D eigenvalue weighted by Gasteiger charge is 2.36. The standard InChI is InChI=1S/C9H13N3O4/c1-5-9(16-6(2)13)7(11-12-10)4-8(14-3)15-5/h7-9H,1,4H2,2-3H3/t7-,8+,9+/m1/s1. The molecule has 0 aromatic rings. The van der Waals surface area contributed by atoms with Crippen molar-refractivity contribution in [3.8, 4) is 0 Å². The number of esters is 1. The van der Waals surface area contributed by atoms with E-state index in [0.717, 1.165) is 0 Å². The molecule has 0 amide bonds. The molecule has 1 rings (SSSR count). The van der Waals surface area contributed by atoms with Crippen molar-refractivity contribution in [2.75, 3.05) is 7.11 Å². The summed E-state index contributed by atoms with van der Waals surface area (Å²) in [5.41, 5.74) is 8.42. The fourth-order valence-electron chi connectivity index (χ4n) is 1.46. The lowest BCUT2D eigenvalue weighted by atomic mass is 10.0. The normalized spacial score (nSPS) is 28.9. The van der Waals surface area contributed by atoms with Crippen LogP contribution in [-0.2, 0) is 19.0 Å². The number of carbonyl (C=O) groups excluding carboxylic acids is 1. The molecule has 1 aliphatic heterocycles. The molecule has 0 radical (unpaired) electrons. The molecule has 0 saturated carbocycles. The Hall–Kier alpha value is -1.72. The summed E-state index contributed by atoms with van der Waals surface area (Å²) in [7, 11) is 1.47. The van der Waals surface area contributed by atoms with Crippen molar-refractivity contribution < 1.29 is 19.0 Å². The van der Waals surface area contributed by atoms with E-state index in [9.17, 15) is 4.79 Å². The molecule has 3 atom stereocenters. The third kappa shape index (κ3) is 2.88. The van der Waals surface area contributed by atoms with Crippen LogP contribution in [0.15, 0.2) is 17.5 Å². The molecule has 88 valence electrons. The van der Waals surface area contributed by atoms with E-state index < -0.39 is 24.4 Å². The van der Waals surface area contributed by atoms with E-state index in [1.54, 1.807) is 0 Å². The Morgan fingerprint density at radius 1 is 1.75 bits per heavy atom. The number of methoxy groups -OCH3 is 1. The van der Waals surface area contributed by atoms with Gasteiger partial charge in [0, 0.05) is 25.4 Å². The smallest absolute Gasteiger partial charge is 0.303 e. The molecule has 0 unspecified atom stereocenters. The van der Waals surface area contributed by atoms with Crippen LogP contribution in [0, 0.1) is 0 Å². The first-order valence-corrected chi connectivity index (χ1v) is 4.68. The molecular weight excluding hydrogens is 214 g/mol. The van der Waals surface area contributed by atoms with E-state index in [0.29, 0.717) is 6.42 Å². The summed E-state index contributed by atoms with van der Waals surface area (Å²) >= 11 is 0. The lowest BCUT2D eigenvalue weighted by Gasteiger charge is -2.34. The SMILES string of the molecule is C=C1O[C@H](OC)C[C@@H](N=[N+]=[N-])[C@H]1OC(C)=O. The first-order chi connectivity index (χ1) is 7.58. The second-order valence-corrected chi connectivity index (χ2v) is 3.29. The van der Waals surface area contributed by atoms with Crippen LogP contribution in [0.3, 0.4) is 0 Å². The molecule has 0 N–H and O–H groups in total. The first-order valence-electron chi connectivity index (χ1n) is 4.68. The zero-order valence-electron chi connectivity index (χ0n) is 9.12. The lowest BCUT2D eigenvalue weighted by molar-refractivity contribution is -0.168. The minimum Gasteiger partial charge on any atom is -0.466 e. The van der Waals surface area contributed by atoms with Gasteiger partial charge in [-0.1, -0.05) is 11.7 Å². The zero-order valence-corrected chi connectivity index (χ0v) is 9.12. The van der Waals surface area contributed by atoms with Crippen LogP contribution in [0.25, 0.3) is 10.4 Å². The van der Waals surface area contributed by atoms with Crippen molar-refractivity contribution in [1.29, 1.82) is 0 Å². The fraction of sp³-hybridized carbons (Fsp3) is 0.667. The third-order valence-electron chi connectivity index (χ3n) is 2.14. The molecule has 0 aromatic carbocycles. The van der Waals surface area contributed by atoms with E-state index in [-0.39, 0.29) is 5.76 Å². The van der Waals surface area contributed by atoms with Gasteiger partial charge in [-0.25, -0.2) is 0 Å². The second kappa shape index (κ2) is 5.39. The molecule has 7 nitrogen and oxygen atoms in total. The van der Waals surface area contributed by atoms with Crippen molar-refractivity contribution in [2.24, 2.45) is 5.11 Å². The van der Waals surface area contributed by atoms with Gasteiger partial charge in [-0.3, -0.25) is 4.79 Å². The summed E-state index contributed by atoms with van der Waals surface area (Å²) in [4.78, 5) is 13.6. The Bertz CT molecular complexity index is 338. The Morgan fingerprint density at radius 3 is 2.94 bits per heavy atom. The van der Waals surface area contributed by atoms with E-state index in [1.807, 2.05) is 0 Å². The van der Waals surface area contributed by atoms with Crippen LogP contribution < -0.4 is 0 Å². The number of ether oxygens (including phenoxy) is 3. The summed E-state index contributed by atoms with van der Waals surface area (Å²) in [6, 6.07) is -0.555. The van der Waals surface area contributed by atoms with Gasteiger partial charge in [-0.2, -0.15) is 0 Å². The molecule has 0 bridgehead atoms. The van der Waals surface area contributed by atoms with Crippen molar-refractivity contribution >= 4 is 5.97 Å². The zero-order chi connectivity index (χ0) is 12.1. The molecule has 7 heteroatoms. The van der Waals surface area contributed by atoms with Crippen LogP contribution in [0.1, 0.15) is 13.3 Å². The van der Waals surface area contributed by atoms with Crippen LogP contribution >= 0.6 is 0 Å². The van der Waals surface area contributed by atoms with Gasteiger partial charge in [-0.15, -0.1) is 0 Å². The van der Waals surface area contributed by atoms with Crippen LogP contribution in [0.2, 0.25) is 0 Å². The quantitative estimate of drug-likeness (QED) is 0.316. The fourth-order valence-corrected chi connectivity index (χ4v) is 1.46. The van der Waals surface area contributed by atoms with Crippen LogP contribution in [0.4, 0.5) is 0 Å². The molecule has 16 heavy (non-hydrogen) atoms. The Balaban J connectivity index is 2.82. The monoisotopic (exact) mass is 227 g/mol. The van der Waals surface area contributed by atoms with Gasteiger partial charge in [-0.05, 0) is 5.53 Å². The van der Waals surface area contributed by atoms with Crippen LogP contribution in [-0.4, -0.2) is 31.5 Å². The molecule has 0 spiro atoms. The summed E-state index contributed by atoms with van der Waals surface area (Å²) in [5.74, 6) is -0.255. The van der Waals surface area contributed by atoms with E-state index >= 15 is 0 Å². The number of nitrogens with zero attached hydrogens (tertiary/aromatic N) is 3. The molecule has 0 aromatic heterocycles. The van der Waals surface area contributed by atoms with Crippen LogP contribution in [0.5, 0.6) is 0 Å². The minimum atomic E-state index is -0.750. The van der Waals surface area contributed by atoms with Crippen molar-refractivity contribution in [1.82, 2.24) is 0 Å². The number of rotatable bonds is 3. The maximum absolute atomic E-state index is 10.9. The molecular formula is C9H13N3O4. The second-order valence-electron chi connectivity index (χ2n) is 3.29. The topological polar surface area (TPSA) is 93.5 Å². The van der Waals surface area contributed by atoms with E-state index in [4.69, 9.17) is 19.7 Å². The largest absolute Gasteiger partial charge is 0.466 e. The third-order valence-corrected chi connectivity index (χ3v) is 2.14. The van der Waals surface area contributed by atoms with Crippen molar-refractivity contribution in [2.45, 2.75) is 31.8 Å². The van der Waals surface area contributed by atoms with Gasteiger partial charge < -0.3 is 14.2 Å². The maximum atomic E-state index is 10.9. The van der Waals surface area contributed by atoms with Gasteiger partial charge >= 0.3 is 5.97 Å². The summed E-state index contributed by atoms with van der Waals surface area (Å²) in [6.07, 6.45) is -0.966. The Morgan fingerprint density at radius 2 is 2.44 bits per heavy atom. The predicted molar refractivity (Wildman–Crippen MR) is 54.1 cm³/mol. The highest BCUT2D eigenvalue weighted by molar-refractivity contribution is 5.66. The highest BCUT2D eigenvalue weighted by atomic mass is 16.7. The van der Waals surface area contributed by atoms with Gasteiger partial charge in [0.1, 0.15) is 5.76 Å². The van der Waals surface area contributed by atoms with E-state index in [2.05, 4.69) is 16.6 Å². The average molecular weight is 227 g/mol. The Labute approximate surface area is 92.6 Å². The molecule has 1 heterocycles. The lowest BCUT2D eigenvalue weighted by Crippen LogP contribution is -2.41. The first kappa shape index (κ1) is 12.4. The van der Waals surface area contributed by atoms with Gasteiger partial charge in [0.2, 0.25) is 0 Å². The maximum Gasteiger partial charge on any atom is 0.303 e. The minimum absolute atomic E-state index is 0.228. The molecule has 0 aliphatic carbocycles. The number of hydrogen-bond acceptors (Lipinski definition) is 5. The summed E-state index contributed by atoms with van der Waals surface area (Å²) in [5, 5.41) is 3.55. The number of carbonyl (C=O) groups is 1. The number of hydrogen-bond donors (Lipinski definition) is 0. The summed E-state index contributed by atoms with van der Waals surface area (Å²) < 4.78 is 15.2. The van der Waals surface area contributed by atoms with E-state index in [1.165, 1.54) is 14.0 Å². The van der Waals surface area contributed by atoms with Crippen molar-refractivity contribution in [3.05, 3.63) is 22.8 Å². The van der Waals surface area contributed by atoms with Crippen molar-refractivity contribution in [3.63, 3.8) is 0 Å². The summed E-state index contributed by atoms with van der Waals surface area (Å²) in [6.45, 7) is 4.88. The molecule has 1 fully saturated rings. The molecule has 1 saturated heterocycles. The average Bonchev–Trinajstić information content (AvgIpc) is 2.22. The number of azide groups is 1. The van der Waals surface area contributed by atoms with Gasteiger partial charge in [0.25, 0.3) is 0 Å². The molecule has 1 aliphatic rings. The Kier molecular flexibility index (Phi) is 4.16. The van der Waals surface area contributed by atoms with Gasteiger partial charge in [0.15, 0.2) is 12.4 Å². The van der Waals surface area contributed by atoms with Gasteiger partial charge in [0.05, 0.1) is 6.04 Å². The highest BCUT2D eigenvalue weighted by Crippen LogP contribution is 2.27.